The quantitative estimate of drug-likeness (QED) is 0.611. The number of morpholine rings is 1. The molecule has 1 aliphatic heterocycles. The number of rotatable bonds is 5. The number of alkyl halides is 3. The van der Waals surface area contributed by atoms with Crippen LogP contribution in [0.25, 0.3) is 9.88 Å². The molecule has 1 N–H and O–H groups in total. The third-order valence-corrected chi connectivity index (χ3v) is 6.71. The summed E-state index contributed by atoms with van der Waals surface area (Å²) in [5.41, 5.74) is -0.213. The average Bonchev–Trinajstić information content (AvgIpc) is 3.43. The Morgan fingerprint density at radius 3 is 2.73 bits per heavy atom. The normalized spacial score (nSPS) is 14.7. The SMILES string of the molecule is O=C(NCc1ccc(N2CCOCC2)cc1C(F)(F)F)c1cnc(-c2cccs2)s1. The number of thiophene rings is 1. The Kier molecular flexibility index (Phi) is 6.07. The first-order valence-corrected chi connectivity index (χ1v) is 10.9. The van der Waals surface area contributed by atoms with Crippen molar-refractivity contribution < 1.29 is 22.7 Å². The molecule has 0 saturated carbocycles. The van der Waals surface area contributed by atoms with Crippen LogP contribution in [0, 0.1) is 0 Å². The van der Waals surface area contributed by atoms with Gasteiger partial charge in [-0.3, -0.25) is 4.79 Å². The monoisotopic (exact) mass is 453 g/mol. The van der Waals surface area contributed by atoms with Gasteiger partial charge in [-0.15, -0.1) is 22.7 Å². The number of anilines is 1. The molecule has 1 saturated heterocycles. The highest BCUT2D eigenvalue weighted by atomic mass is 32.1. The van der Waals surface area contributed by atoms with Crippen molar-refractivity contribution in [2.45, 2.75) is 12.7 Å². The molecular weight excluding hydrogens is 435 g/mol. The Balaban J connectivity index is 1.49. The lowest BCUT2D eigenvalue weighted by molar-refractivity contribution is -0.138. The summed E-state index contributed by atoms with van der Waals surface area (Å²) in [5.74, 6) is -0.444. The Labute approximate surface area is 179 Å². The van der Waals surface area contributed by atoms with Crippen molar-refractivity contribution in [1.82, 2.24) is 10.3 Å². The molecule has 0 atom stereocenters. The molecule has 1 fully saturated rings. The highest BCUT2D eigenvalue weighted by Gasteiger charge is 2.34. The second-order valence-corrected chi connectivity index (χ2v) is 8.61. The van der Waals surface area contributed by atoms with Crippen molar-refractivity contribution in [3.05, 3.63) is 57.9 Å². The van der Waals surface area contributed by atoms with Crippen LogP contribution in [0.15, 0.2) is 41.9 Å². The van der Waals surface area contributed by atoms with Gasteiger partial charge in [0.2, 0.25) is 0 Å². The van der Waals surface area contributed by atoms with Gasteiger partial charge in [-0.25, -0.2) is 4.98 Å². The minimum atomic E-state index is -4.51. The third-order valence-electron chi connectivity index (χ3n) is 4.68. The number of nitrogens with one attached hydrogen (secondary N) is 1. The van der Waals surface area contributed by atoms with Crippen LogP contribution in [-0.2, 0) is 17.5 Å². The fourth-order valence-corrected chi connectivity index (χ4v) is 4.79. The van der Waals surface area contributed by atoms with E-state index >= 15 is 0 Å². The fourth-order valence-electron chi connectivity index (χ4n) is 3.16. The van der Waals surface area contributed by atoms with Crippen molar-refractivity contribution >= 4 is 34.3 Å². The van der Waals surface area contributed by atoms with E-state index in [1.54, 1.807) is 6.07 Å². The summed E-state index contributed by atoms with van der Waals surface area (Å²) in [6.45, 7) is 1.85. The van der Waals surface area contributed by atoms with E-state index in [4.69, 9.17) is 4.74 Å². The smallest absolute Gasteiger partial charge is 0.378 e. The minimum Gasteiger partial charge on any atom is -0.378 e. The third kappa shape index (κ3) is 4.66. The number of ether oxygens (including phenoxy) is 1. The number of hydrogen-bond donors (Lipinski definition) is 1. The lowest BCUT2D eigenvalue weighted by Crippen LogP contribution is -2.36. The number of amides is 1. The number of nitrogens with zero attached hydrogens (tertiary/aromatic N) is 2. The second kappa shape index (κ2) is 8.75. The molecule has 4 rings (SSSR count). The van der Waals surface area contributed by atoms with Crippen LogP contribution >= 0.6 is 22.7 Å². The van der Waals surface area contributed by atoms with Crippen molar-refractivity contribution in [2.75, 3.05) is 31.2 Å². The van der Waals surface area contributed by atoms with Gasteiger partial charge >= 0.3 is 6.18 Å². The molecule has 0 spiro atoms. The highest BCUT2D eigenvalue weighted by Crippen LogP contribution is 2.35. The molecule has 0 aliphatic carbocycles. The van der Waals surface area contributed by atoms with Crippen molar-refractivity contribution in [1.29, 1.82) is 0 Å². The maximum absolute atomic E-state index is 13.6. The molecule has 0 radical (unpaired) electrons. The Morgan fingerprint density at radius 1 is 1.23 bits per heavy atom. The van der Waals surface area contributed by atoms with Gasteiger partial charge in [-0.1, -0.05) is 12.1 Å². The Bertz CT molecular complexity index is 1010. The number of thiazole rings is 1. The number of benzene rings is 1. The van der Waals surface area contributed by atoms with E-state index in [2.05, 4.69) is 10.3 Å². The van der Waals surface area contributed by atoms with Gasteiger partial charge in [0.1, 0.15) is 9.88 Å². The first-order valence-electron chi connectivity index (χ1n) is 9.22. The van der Waals surface area contributed by atoms with E-state index < -0.39 is 17.6 Å². The molecule has 3 aromatic rings. The zero-order valence-electron chi connectivity index (χ0n) is 15.7. The standard InChI is InChI=1S/C20H18F3N3O2S2/c21-20(22,23)15-10-14(26-5-7-28-8-6-26)4-3-13(15)11-24-18(27)17-12-25-19(30-17)16-2-1-9-29-16/h1-4,9-10,12H,5-8,11H2,(H,24,27). The van der Waals surface area contributed by atoms with E-state index in [1.807, 2.05) is 22.4 Å². The average molecular weight is 454 g/mol. The van der Waals surface area contributed by atoms with Crippen LogP contribution in [0.2, 0.25) is 0 Å². The van der Waals surface area contributed by atoms with Crippen LogP contribution in [0.1, 0.15) is 20.8 Å². The first kappa shape index (κ1) is 20.8. The van der Waals surface area contributed by atoms with Gasteiger partial charge in [0.05, 0.1) is 29.9 Å². The number of carbonyl (C=O) groups excluding carboxylic acids is 1. The van der Waals surface area contributed by atoms with Crippen molar-refractivity contribution in [3.8, 4) is 9.88 Å². The van der Waals surface area contributed by atoms with Crippen LogP contribution in [0.4, 0.5) is 18.9 Å². The molecule has 30 heavy (non-hydrogen) atoms. The second-order valence-electron chi connectivity index (χ2n) is 6.63. The number of carbonyl (C=O) groups is 1. The predicted octanol–water partition coefficient (Wildman–Crippen LogP) is 4.66. The topological polar surface area (TPSA) is 54.5 Å². The Hall–Kier alpha value is -2.43. The van der Waals surface area contributed by atoms with E-state index in [-0.39, 0.29) is 12.1 Å². The van der Waals surface area contributed by atoms with Gasteiger partial charge in [0, 0.05) is 25.3 Å². The molecule has 5 nitrogen and oxygen atoms in total. The van der Waals surface area contributed by atoms with Crippen LogP contribution in [0.3, 0.4) is 0 Å². The summed E-state index contributed by atoms with van der Waals surface area (Å²) in [7, 11) is 0. The molecule has 0 bridgehead atoms. The predicted molar refractivity (Wildman–Crippen MR) is 111 cm³/mol. The fraction of sp³-hybridized carbons (Fsp3) is 0.300. The van der Waals surface area contributed by atoms with E-state index in [9.17, 15) is 18.0 Å². The summed E-state index contributed by atoms with van der Waals surface area (Å²) < 4.78 is 46.2. The van der Waals surface area contributed by atoms with Gasteiger partial charge in [0.15, 0.2) is 0 Å². The van der Waals surface area contributed by atoms with Crippen LogP contribution in [-0.4, -0.2) is 37.2 Å². The van der Waals surface area contributed by atoms with E-state index in [0.29, 0.717) is 41.9 Å². The summed E-state index contributed by atoms with van der Waals surface area (Å²) in [5, 5.41) is 5.21. The summed E-state index contributed by atoms with van der Waals surface area (Å²) >= 11 is 2.72. The van der Waals surface area contributed by atoms with Gasteiger partial charge < -0.3 is 15.0 Å². The minimum absolute atomic E-state index is 0.0239. The molecule has 1 aromatic carbocycles. The molecular formula is C20H18F3N3O2S2. The maximum Gasteiger partial charge on any atom is 0.416 e. The van der Waals surface area contributed by atoms with Gasteiger partial charge in [-0.2, -0.15) is 13.2 Å². The van der Waals surface area contributed by atoms with Crippen molar-refractivity contribution in [3.63, 3.8) is 0 Å². The zero-order chi connectivity index (χ0) is 21.1. The lowest BCUT2D eigenvalue weighted by Gasteiger charge is -2.29. The molecule has 158 valence electrons. The molecule has 0 unspecified atom stereocenters. The summed E-state index contributed by atoms with van der Waals surface area (Å²) in [4.78, 5) is 19.8. The van der Waals surface area contributed by atoms with Gasteiger partial charge in [0.25, 0.3) is 5.91 Å². The molecule has 1 amide bonds. The molecule has 10 heteroatoms. The number of aromatic nitrogens is 1. The molecule has 3 heterocycles. The van der Waals surface area contributed by atoms with E-state index in [0.717, 1.165) is 10.9 Å². The molecule has 2 aromatic heterocycles. The number of halogens is 3. The highest BCUT2D eigenvalue weighted by molar-refractivity contribution is 7.21. The van der Waals surface area contributed by atoms with Crippen molar-refractivity contribution in [2.24, 2.45) is 0 Å². The zero-order valence-corrected chi connectivity index (χ0v) is 17.4. The summed E-state index contributed by atoms with van der Waals surface area (Å²) in [6.07, 6.45) is -3.07. The largest absolute Gasteiger partial charge is 0.416 e. The lowest BCUT2D eigenvalue weighted by atomic mass is 10.0. The van der Waals surface area contributed by atoms with Crippen LogP contribution in [0.5, 0.6) is 0 Å². The number of hydrogen-bond acceptors (Lipinski definition) is 6. The van der Waals surface area contributed by atoms with Gasteiger partial charge in [-0.05, 0) is 29.1 Å². The van der Waals surface area contributed by atoms with E-state index in [1.165, 1.54) is 34.9 Å². The summed E-state index contributed by atoms with van der Waals surface area (Å²) in [6, 6.07) is 8.02. The molecule has 1 aliphatic rings. The maximum atomic E-state index is 13.6. The van der Waals surface area contributed by atoms with Crippen LogP contribution < -0.4 is 10.2 Å². The first-order chi connectivity index (χ1) is 14.4. The Morgan fingerprint density at radius 2 is 2.03 bits per heavy atom.